The van der Waals surface area contributed by atoms with Gasteiger partial charge in [-0.25, -0.2) is 44.8 Å². The molecular formula is C65H58BrCl5N8O16S3. The van der Waals surface area contributed by atoms with E-state index in [2.05, 4.69) is 79.3 Å². The van der Waals surface area contributed by atoms with Crippen molar-refractivity contribution in [2.24, 2.45) is 0 Å². The molecule has 0 aliphatic heterocycles. The average molecular weight is 1560 g/mol. The van der Waals surface area contributed by atoms with Crippen LogP contribution in [0.1, 0.15) is 87.0 Å². The maximum atomic E-state index is 13.2. The summed E-state index contributed by atoms with van der Waals surface area (Å²) in [6, 6.07) is 42.8. The minimum atomic E-state index is -3.44. The summed E-state index contributed by atoms with van der Waals surface area (Å²) >= 11 is 29.2. The number of nitrogens with zero attached hydrogens (tertiary/aromatic N) is 3. The average Bonchev–Trinajstić information content (AvgIpc) is 1.61. The number of aromatic amines is 2. The summed E-state index contributed by atoms with van der Waals surface area (Å²) in [5.41, 5.74) is 7.32. The van der Waals surface area contributed by atoms with Crippen molar-refractivity contribution in [2.45, 2.75) is 40.0 Å². The van der Waals surface area contributed by atoms with Crippen LogP contribution in [0.5, 0.6) is 0 Å². The van der Waals surface area contributed by atoms with Gasteiger partial charge in [-0.3, -0.25) is 43.5 Å². The molecular weight excluding hydrogens is 1500 g/mol. The van der Waals surface area contributed by atoms with Crippen LogP contribution in [-0.2, 0) is 39.7 Å². The number of nitrogens with one attached hydrogen (secondary N) is 5. The van der Waals surface area contributed by atoms with Crippen molar-refractivity contribution in [3.05, 3.63) is 235 Å². The number of halogens is 6. The molecule has 0 fully saturated rings. The van der Waals surface area contributed by atoms with Gasteiger partial charge in [0, 0.05) is 101 Å². The van der Waals surface area contributed by atoms with Crippen LogP contribution in [0, 0.1) is 10.1 Å². The van der Waals surface area contributed by atoms with E-state index in [1.165, 1.54) is 48.5 Å². The monoisotopic (exact) mass is 1560 g/mol. The van der Waals surface area contributed by atoms with Crippen LogP contribution in [0.3, 0.4) is 0 Å². The van der Waals surface area contributed by atoms with Crippen LogP contribution in [0.4, 0.5) is 22.7 Å². The number of hydrogen-bond acceptors (Lipinski definition) is 16. The fourth-order valence-corrected chi connectivity index (χ4v) is 12.6. The highest BCUT2D eigenvalue weighted by Crippen LogP contribution is 2.29. The third kappa shape index (κ3) is 26.0. The number of benzene rings is 6. The van der Waals surface area contributed by atoms with Crippen molar-refractivity contribution in [3.8, 4) is 22.3 Å². The van der Waals surface area contributed by atoms with Gasteiger partial charge in [0.05, 0.1) is 39.0 Å². The van der Waals surface area contributed by atoms with Gasteiger partial charge in [0.1, 0.15) is 11.3 Å². The van der Waals surface area contributed by atoms with E-state index in [-0.39, 0.29) is 51.1 Å². The number of carboxylic acids is 2. The molecule has 0 spiro atoms. The highest BCUT2D eigenvalue weighted by Gasteiger charge is 2.19. The van der Waals surface area contributed by atoms with E-state index in [4.69, 9.17) is 45.0 Å². The Morgan fingerprint density at radius 1 is 0.520 bits per heavy atom. The van der Waals surface area contributed by atoms with E-state index >= 15 is 0 Å². The minimum Gasteiger partial charge on any atom is -0.478 e. The first-order valence-corrected chi connectivity index (χ1v) is 36.2. The largest absolute Gasteiger partial charge is 0.478 e. The Labute approximate surface area is 595 Å². The quantitative estimate of drug-likeness (QED) is 0.0115. The number of carbonyl (C=O) groups is 6. The fourth-order valence-electron chi connectivity index (χ4n) is 8.34. The molecule has 0 bridgehead atoms. The van der Waals surface area contributed by atoms with E-state index in [9.17, 15) is 64.1 Å². The van der Waals surface area contributed by atoms with Crippen molar-refractivity contribution in [3.63, 3.8) is 0 Å². The molecule has 0 saturated heterocycles. The number of ketones is 1. The highest BCUT2D eigenvalue weighted by atomic mass is 79.9. The normalized spacial score (nSPS) is 10.8. The zero-order chi connectivity index (χ0) is 72.5. The van der Waals surface area contributed by atoms with E-state index < -0.39 is 62.7 Å². The Hall–Kier alpha value is -9.10. The first-order chi connectivity index (χ1) is 46.2. The van der Waals surface area contributed by atoms with Crippen LogP contribution in [-0.4, -0.2) is 111 Å². The second-order valence-corrected chi connectivity index (χ2v) is 28.5. The maximum absolute atomic E-state index is 13.2. The Morgan fingerprint density at radius 2 is 0.969 bits per heavy atom. The van der Waals surface area contributed by atoms with Crippen LogP contribution < -0.4 is 14.2 Å². The lowest BCUT2D eigenvalue weighted by atomic mass is 10.0. The molecule has 0 unspecified atom stereocenters. The van der Waals surface area contributed by atoms with Crippen molar-refractivity contribution < 1.29 is 69.2 Å². The number of pyridine rings is 2. The number of hydrogen-bond donors (Lipinski definition) is 7. The summed E-state index contributed by atoms with van der Waals surface area (Å²) in [4.78, 5) is 88.5. The van der Waals surface area contributed by atoms with Crippen LogP contribution in [0.15, 0.2) is 187 Å². The standard InChI is InChI=1S/C23H20ClN3O3S.C13H9ClN2.C10H12BrNO4S.C10H12ClNO3S.C7H5NO4.C2Cl2O2/c1-2-10-31(29,30)27-19-5-3-4-16(11-19)22(28)21-14-26-23-20(21)12-17(13-25-23)15-6-8-18(24)9-7-15;14-12-3-1-9(2-4-12)11-7-10-5-6-15-13(10)16-8-11;1-2-3-17(15,16)12-9-5-7(10(13)14)4-8(11)6-9;1-2-6-16(14,15)12-9-5-3-4-8(7-9)10(11)13;9-7(10)5-2-1-3-6(4-5)8(11)12;3-1(5)2(4)6/h3-9,11-14,27H,2,10H2,1H3,(H,25,26);1-8H,(H,15,16);4-6,12H,2-3H2,1H3,(H,13,14);3-5,7,12H,2,6H2,1H3;1-4H,(H,9,10);. The number of aromatic nitrogens is 4. The molecule has 0 aliphatic rings. The van der Waals surface area contributed by atoms with Gasteiger partial charge in [-0.15, -0.1) is 0 Å². The number of nitro groups is 1. The molecule has 33 heteroatoms. The second kappa shape index (κ2) is 37.6. The zero-order valence-electron chi connectivity index (χ0n) is 51.5. The van der Waals surface area contributed by atoms with Gasteiger partial charge >= 0.3 is 22.4 Å². The molecule has 10 aromatic rings. The number of sulfonamides is 3. The first kappa shape index (κ1) is 79.6. The number of nitro benzene ring substituents is 1. The SMILES string of the molecule is CCCS(=O)(=O)Nc1cc(Br)cc(C(=O)O)c1.CCCS(=O)(=O)Nc1cccc(C(=O)Cl)c1.CCCS(=O)(=O)Nc1cccc(C(=O)c2c[nH]c3ncc(-c4ccc(Cl)cc4)cc23)c1.Clc1ccc(-c2cnc3[nH]ccc3c2)cc1.O=C(Cl)C(=O)Cl.O=C(O)c1cccc([N+](=O)[O-])c1. The predicted octanol–water partition coefficient (Wildman–Crippen LogP) is 15.5. The van der Waals surface area contributed by atoms with Gasteiger partial charge in [-0.1, -0.05) is 108 Å². The van der Waals surface area contributed by atoms with E-state index in [0.29, 0.717) is 62.3 Å². The Bertz CT molecular complexity index is 4830. The molecule has 514 valence electrons. The predicted molar refractivity (Wildman–Crippen MR) is 386 cm³/mol. The Morgan fingerprint density at radius 3 is 1.45 bits per heavy atom. The molecule has 0 atom stereocenters. The lowest BCUT2D eigenvalue weighted by molar-refractivity contribution is -0.384. The number of non-ortho nitro benzene ring substituents is 1. The number of rotatable bonds is 21. The van der Waals surface area contributed by atoms with Gasteiger partial charge in [-0.05, 0) is 162 Å². The lowest BCUT2D eigenvalue weighted by Crippen LogP contribution is -2.16. The molecule has 4 heterocycles. The van der Waals surface area contributed by atoms with E-state index in [1.807, 2.05) is 60.9 Å². The van der Waals surface area contributed by atoms with Gasteiger partial charge in [0.25, 0.3) is 10.9 Å². The topological polar surface area (TPSA) is 382 Å². The lowest BCUT2D eigenvalue weighted by Gasteiger charge is -2.08. The summed E-state index contributed by atoms with van der Waals surface area (Å²) in [7, 11) is -10.2. The molecule has 10 rings (SSSR count). The summed E-state index contributed by atoms with van der Waals surface area (Å²) in [5.74, 6) is -2.43. The first-order valence-electron chi connectivity index (χ1n) is 28.5. The molecule has 6 aromatic carbocycles. The minimum absolute atomic E-state index is 0.00190. The number of H-pyrrole nitrogens is 2. The molecule has 98 heavy (non-hydrogen) atoms. The van der Waals surface area contributed by atoms with E-state index in [1.54, 1.807) is 81.7 Å². The third-order valence-electron chi connectivity index (χ3n) is 12.6. The van der Waals surface area contributed by atoms with Crippen LogP contribution in [0.25, 0.3) is 44.3 Å². The van der Waals surface area contributed by atoms with Gasteiger partial charge in [0.15, 0.2) is 5.78 Å². The third-order valence-corrected chi connectivity index (χ3v) is 18.7. The van der Waals surface area contributed by atoms with Gasteiger partial charge < -0.3 is 20.2 Å². The highest BCUT2D eigenvalue weighted by molar-refractivity contribution is 9.10. The number of carbonyl (C=O) groups excluding carboxylic acids is 4. The number of anilines is 3. The molecule has 0 aliphatic carbocycles. The molecule has 7 N–H and O–H groups in total. The summed E-state index contributed by atoms with van der Waals surface area (Å²) in [6.07, 6.45) is 8.65. The molecule has 0 amide bonds. The van der Waals surface area contributed by atoms with Crippen LogP contribution in [0.2, 0.25) is 10.0 Å². The van der Waals surface area contributed by atoms with Crippen molar-refractivity contribution in [1.29, 1.82) is 0 Å². The Kier molecular flexibility index (Phi) is 30.5. The maximum Gasteiger partial charge on any atom is 0.335 e. The Balaban J connectivity index is 0.000000225. The molecule has 0 saturated carbocycles. The van der Waals surface area contributed by atoms with E-state index in [0.717, 1.165) is 44.4 Å². The zero-order valence-corrected chi connectivity index (χ0v) is 59.3. The van der Waals surface area contributed by atoms with Crippen molar-refractivity contribution in [2.75, 3.05) is 31.4 Å². The number of aromatic carboxylic acids is 2. The fraction of sp³-hybridized carbons (Fsp3) is 0.138. The number of carboxylic acid groups (broad SMARTS) is 2. The van der Waals surface area contributed by atoms with Crippen LogP contribution >= 0.6 is 73.9 Å². The molecule has 4 aromatic heterocycles. The van der Waals surface area contributed by atoms with Gasteiger partial charge in [0.2, 0.25) is 30.1 Å². The smallest absolute Gasteiger partial charge is 0.335 e. The second-order valence-electron chi connectivity index (χ2n) is 20.2. The van der Waals surface area contributed by atoms with Crippen molar-refractivity contribution in [1.82, 2.24) is 19.9 Å². The molecule has 0 radical (unpaired) electrons. The summed E-state index contributed by atoms with van der Waals surface area (Å²) in [6.45, 7) is 5.32. The summed E-state index contributed by atoms with van der Waals surface area (Å²) < 4.78 is 77.8. The van der Waals surface area contributed by atoms with Gasteiger partial charge in [-0.2, -0.15) is 0 Å². The number of fused-ring (bicyclic) bond motifs is 2. The van der Waals surface area contributed by atoms with Crippen molar-refractivity contribution >= 4 is 182 Å². The summed E-state index contributed by atoms with van der Waals surface area (Å²) in [5, 5.41) is 27.8. The molecule has 24 nitrogen and oxygen atoms in total.